The molecule has 4 bridgehead atoms. The molecule has 4 rings (SSSR count). The van der Waals surface area contributed by atoms with Gasteiger partial charge in [-0.1, -0.05) is 0 Å². The van der Waals surface area contributed by atoms with E-state index in [1.165, 1.54) is 0 Å². The number of hydrogen-bond acceptors (Lipinski definition) is 3. The Morgan fingerprint density at radius 3 is 2.29 bits per heavy atom. The fourth-order valence-electron chi connectivity index (χ4n) is 4.15. The number of hydrogen-bond donors (Lipinski definition) is 3. The number of aliphatic hydroxyl groups excluding tert-OH is 1. The highest BCUT2D eigenvalue weighted by atomic mass is 16.3. The van der Waals surface area contributed by atoms with Crippen LogP contribution in [0.5, 0.6) is 0 Å². The van der Waals surface area contributed by atoms with Crippen molar-refractivity contribution in [1.82, 2.24) is 0 Å². The molecule has 4 aliphatic carbocycles. The minimum atomic E-state index is -0.782. The van der Waals surface area contributed by atoms with E-state index in [1.54, 1.807) is 0 Å². The van der Waals surface area contributed by atoms with Crippen molar-refractivity contribution < 1.29 is 14.7 Å². The third kappa shape index (κ3) is 0.530. The summed E-state index contributed by atoms with van der Waals surface area (Å²) in [6, 6.07) is 0. The summed E-state index contributed by atoms with van der Waals surface area (Å²) in [6.45, 7) is 0. The van der Waals surface area contributed by atoms with Gasteiger partial charge in [0.15, 0.2) is 0 Å². The highest BCUT2D eigenvalue weighted by Gasteiger charge is 2.87. The maximum Gasteiger partial charge on any atom is 0.225 e. The first-order chi connectivity index (χ1) is 6.52. The van der Waals surface area contributed by atoms with E-state index in [0.29, 0.717) is 0 Å². The largest absolute Gasteiger partial charge is 0.392 e. The van der Waals surface area contributed by atoms with E-state index in [4.69, 9.17) is 11.5 Å². The van der Waals surface area contributed by atoms with Crippen LogP contribution < -0.4 is 11.5 Å². The van der Waals surface area contributed by atoms with Crippen LogP contribution in [0.25, 0.3) is 0 Å². The fourth-order valence-corrected chi connectivity index (χ4v) is 4.15. The predicted octanol–water partition coefficient (Wildman–Crippen LogP) is -1.80. The number of nitrogens with two attached hydrogens (primary N) is 2. The zero-order valence-corrected chi connectivity index (χ0v) is 7.51. The summed E-state index contributed by atoms with van der Waals surface area (Å²) in [5.41, 5.74) is 9.80. The van der Waals surface area contributed by atoms with Crippen LogP contribution in [0, 0.1) is 29.1 Å². The van der Waals surface area contributed by atoms with Gasteiger partial charge in [0.25, 0.3) is 0 Å². The summed E-state index contributed by atoms with van der Waals surface area (Å²) < 4.78 is 0. The van der Waals surface area contributed by atoms with E-state index in [1.807, 2.05) is 0 Å². The summed E-state index contributed by atoms with van der Waals surface area (Å²) in [5, 5.41) is 9.77. The van der Waals surface area contributed by atoms with Gasteiger partial charge in [0.1, 0.15) is 0 Å². The lowest BCUT2D eigenvalue weighted by Gasteiger charge is -2.17. The lowest BCUT2D eigenvalue weighted by molar-refractivity contribution is -0.132. The molecular formula is C9H12N2O3. The molecule has 4 saturated carbocycles. The van der Waals surface area contributed by atoms with Crippen LogP contribution >= 0.6 is 0 Å². The molecular weight excluding hydrogens is 184 g/mol. The van der Waals surface area contributed by atoms with Crippen LogP contribution in [0.4, 0.5) is 0 Å². The second kappa shape index (κ2) is 1.95. The molecule has 0 spiro atoms. The van der Waals surface area contributed by atoms with Gasteiger partial charge in [-0.2, -0.15) is 0 Å². The molecule has 14 heavy (non-hydrogen) atoms. The monoisotopic (exact) mass is 196 g/mol. The number of aliphatic hydroxyl groups is 1. The van der Waals surface area contributed by atoms with Gasteiger partial charge >= 0.3 is 0 Å². The van der Waals surface area contributed by atoms with Crippen molar-refractivity contribution in [3.05, 3.63) is 0 Å². The summed E-state index contributed by atoms with van der Waals surface area (Å²) in [5.74, 6) is -1.59. The van der Waals surface area contributed by atoms with Gasteiger partial charge in [0, 0.05) is 5.92 Å². The van der Waals surface area contributed by atoms with Gasteiger partial charge in [-0.25, -0.2) is 0 Å². The Kier molecular flexibility index (Phi) is 1.15. The fraction of sp³-hybridized carbons (Fsp3) is 0.778. The van der Waals surface area contributed by atoms with Crippen LogP contribution in [-0.4, -0.2) is 23.0 Å². The summed E-state index contributed by atoms with van der Waals surface area (Å²) >= 11 is 0. The number of rotatable bonds is 2. The van der Waals surface area contributed by atoms with E-state index in [0.717, 1.165) is 6.42 Å². The Morgan fingerprint density at radius 2 is 2.00 bits per heavy atom. The first-order valence-electron chi connectivity index (χ1n) is 4.80. The highest BCUT2D eigenvalue weighted by Crippen LogP contribution is 2.81. The summed E-state index contributed by atoms with van der Waals surface area (Å²) in [7, 11) is 0. The average Bonchev–Trinajstić information content (AvgIpc) is 2.39. The number of carbonyl (C=O) groups is 2. The first kappa shape index (κ1) is 8.23. The molecule has 5 heteroatoms. The minimum absolute atomic E-state index is 0.0949. The molecule has 76 valence electrons. The Labute approximate surface area is 80.4 Å². The molecule has 0 heterocycles. The van der Waals surface area contributed by atoms with Gasteiger partial charge in [-0.15, -0.1) is 0 Å². The van der Waals surface area contributed by atoms with Crippen molar-refractivity contribution in [2.24, 2.45) is 40.6 Å². The Hall–Kier alpha value is -1.10. The highest BCUT2D eigenvalue weighted by molar-refractivity contribution is 5.95. The maximum atomic E-state index is 11.4. The van der Waals surface area contributed by atoms with Gasteiger partial charge in [0.05, 0.1) is 17.4 Å². The molecule has 4 fully saturated rings. The molecule has 0 unspecified atom stereocenters. The van der Waals surface area contributed by atoms with Gasteiger partial charge in [0.2, 0.25) is 11.8 Å². The average molecular weight is 196 g/mol. The van der Waals surface area contributed by atoms with Crippen molar-refractivity contribution in [3.63, 3.8) is 0 Å². The normalized spacial score (nSPS) is 57.4. The second-order valence-corrected chi connectivity index (χ2v) is 4.70. The number of primary amides is 2. The van der Waals surface area contributed by atoms with Crippen molar-refractivity contribution in [3.8, 4) is 0 Å². The molecule has 2 amide bonds. The van der Waals surface area contributed by atoms with Crippen molar-refractivity contribution in [2.45, 2.75) is 12.5 Å². The van der Waals surface area contributed by atoms with Gasteiger partial charge in [-0.3, -0.25) is 9.59 Å². The number of carbonyl (C=O) groups excluding carboxylic acids is 2. The zero-order chi connectivity index (χ0) is 10.2. The first-order valence-corrected chi connectivity index (χ1v) is 4.80. The van der Waals surface area contributed by atoms with E-state index in [9.17, 15) is 14.7 Å². The minimum Gasteiger partial charge on any atom is -0.392 e. The SMILES string of the molecule is NC(=O)[C@@H]1[C@@H]2C[C@@H]3[C@@H]([C@@H]2O)[C@]31C(N)=O. The number of amides is 2. The molecule has 4 aliphatic rings. The quantitative estimate of drug-likeness (QED) is 0.485. The molecule has 5 N–H and O–H groups in total. The molecule has 0 aromatic rings. The van der Waals surface area contributed by atoms with Crippen molar-refractivity contribution >= 4 is 11.8 Å². The maximum absolute atomic E-state index is 11.4. The molecule has 0 aliphatic heterocycles. The van der Waals surface area contributed by atoms with E-state index in [-0.39, 0.29) is 17.8 Å². The van der Waals surface area contributed by atoms with Crippen LogP contribution in [0.1, 0.15) is 6.42 Å². The summed E-state index contributed by atoms with van der Waals surface area (Å²) in [4.78, 5) is 22.6. The molecule has 0 radical (unpaired) electrons. The third-order valence-electron chi connectivity index (χ3n) is 4.50. The van der Waals surface area contributed by atoms with Crippen molar-refractivity contribution in [2.75, 3.05) is 0 Å². The van der Waals surface area contributed by atoms with Crippen LogP contribution in [0.3, 0.4) is 0 Å². The van der Waals surface area contributed by atoms with Crippen molar-refractivity contribution in [1.29, 1.82) is 0 Å². The van der Waals surface area contributed by atoms with Crippen LogP contribution in [-0.2, 0) is 9.59 Å². The lowest BCUT2D eigenvalue weighted by Crippen LogP contribution is -2.39. The Morgan fingerprint density at radius 1 is 1.36 bits per heavy atom. The van der Waals surface area contributed by atoms with E-state index in [2.05, 4.69) is 0 Å². The van der Waals surface area contributed by atoms with Crippen LogP contribution in [0.15, 0.2) is 0 Å². The molecule has 0 saturated heterocycles. The molecule has 0 aromatic carbocycles. The van der Waals surface area contributed by atoms with Crippen LogP contribution in [0.2, 0.25) is 0 Å². The van der Waals surface area contributed by atoms with E-state index >= 15 is 0 Å². The molecule has 0 aromatic heterocycles. The topological polar surface area (TPSA) is 106 Å². The second-order valence-electron chi connectivity index (χ2n) is 4.70. The van der Waals surface area contributed by atoms with E-state index < -0.39 is 29.3 Å². The lowest BCUT2D eigenvalue weighted by atomic mass is 9.88. The smallest absolute Gasteiger partial charge is 0.225 e. The Balaban J connectivity index is 2.09. The Bertz CT molecular complexity index is 354. The molecule has 5 nitrogen and oxygen atoms in total. The molecule has 6 atom stereocenters. The predicted molar refractivity (Wildman–Crippen MR) is 45.4 cm³/mol. The summed E-state index contributed by atoms with van der Waals surface area (Å²) in [6.07, 6.45) is 0.174. The van der Waals surface area contributed by atoms with Gasteiger partial charge < -0.3 is 16.6 Å². The zero-order valence-electron chi connectivity index (χ0n) is 7.51. The van der Waals surface area contributed by atoms with Gasteiger partial charge in [-0.05, 0) is 18.3 Å². The standard InChI is InChI=1S/C9H12N2O3/c10-7(13)4-2-1-3-5(6(2)12)9(3,4)8(11)14/h2-6,12H,1H2,(H2,10,13)(H2,11,14)/t2-,3+,4-,5-,6+,9-/m0/s1. The third-order valence-corrected chi connectivity index (χ3v) is 4.50.